The molecule has 19 heteroatoms. The van der Waals surface area contributed by atoms with Gasteiger partial charge < -0.3 is 33.8 Å². The summed E-state index contributed by atoms with van der Waals surface area (Å²) >= 11 is 0. The molecule has 4 unspecified atom stereocenters. The van der Waals surface area contributed by atoms with Crippen LogP contribution in [0.25, 0.3) is 0 Å². The molecular formula is C74H144O17P2. The SMILES string of the molecule is CCCCCCCCCCCCCCCCCC(=O)O[C@H](COC(=O)CCCCCCCCCCCCC(C)CC)COP(=O)(O)OC[C@@H](O)COP(=O)(O)OC[C@@H](COC(=O)CCCCCCCCCCC(C)CC)OC(=O)CCCCCCCCCCCC(C)C. The molecule has 0 aliphatic rings. The van der Waals surface area contributed by atoms with E-state index in [0.717, 1.165) is 108 Å². The monoisotopic (exact) mass is 1370 g/mol. The quantitative estimate of drug-likeness (QED) is 0.0222. The number of aliphatic hydroxyl groups excluding tert-OH is 1. The van der Waals surface area contributed by atoms with Crippen molar-refractivity contribution in [1.29, 1.82) is 0 Å². The largest absolute Gasteiger partial charge is 0.472 e. The molecule has 0 aromatic carbocycles. The van der Waals surface area contributed by atoms with E-state index in [1.807, 2.05) is 0 Å². The first-order valence-corrected chi connectivity index (χ1v) is 41.4. The Balaban J connectivity index is 5.28. The van der Waals surface area contributed by atoms with E-state index in [4.69, 9.17) is 37.0 Å². The van der Waals surface area contributed by atoms with Gasteiger partial charge in [-0.25, -0.2) is 9.13 Å². The maximum Gasteiger partial charge on any atom is 0.472 e. The van der Waals surface area contributed by atoms with E-state index in [2.05, 4.69) is 48.5 Å². The number of hydrogen-bond donors (Lipinski definition) is 3. The number of carbonyl (C=O) groups is 4. The molecule has 0 rings (SSSR count). The van der Waals surface area contributed by atoms with Gasteiger partial charge in [0.05, 0.1) is 26.4 Å². The van der Waals surface area contributed by atoms with Crippen molar-refractivity contribution in [3.63, 3.8) is 0 Å². The van der Waals surface area contributed by atoms with Crippen LogP contribution in [-0.2, 0) is 65.4 Å². The molecule has 0 spiro atoms. The minimum Gasteiger partial charge on any atom is -0.462 e. The second-order valence-corrected chi connectivity index (χ2v) is 30.6. The fourth-order valence-corrected chi connectivity index (χ4v) is 12.8. The van der Waals surface area contributed by atoms with Gasteiger partial charge in [0.25, 0.3) is 0 Å². The fraction of sp³-hybridized carbons (Fsp3) is 0.946. The van der Waals surface area contributed by atoms with E-state index in [1.165, 1.54) is 186 Å². The number of esters is 4. The first-order chi connectivity index (χ1) is 44.8. The summed E-state index contributed by atoms with van der Waals surface area (Å²) in [5.41, 5.74) is 0. The Labute approximate surface area is 568 Å². The summed E-state index contributed by atoms with van der Waals surface area (Å²) in [6.07, 6.45) is 49.7. The predicted molar refractivity (Wildman–Crippen MR) is 377 cm³/mol. The van der Waals surface area contributed by atoms with Crippen molar-refractivity contribution in [2.24, 2.45) is 17.8 Å². The lowest BCUT2D eigenvalue weighted by atomic mass is 9.99. The molecule has 3 N–H and O–H groups in total. The van der Waals surface area contributed by atoms with Crippen LogP contribution in [-0.4, -0.2) is 96.7 Å². The highest BCUT2D eigenvalue weighted by molar-refractivity contribution is 7.47. The van der Waals surface area contributed by atoms with Gasteiger partial charge >= 0.3 is 39.5 Å². The van der Waals surface area contributed by atoms with Crippen molar-refractivity contribution in [1.82, 2.24) is 0 Å². The number of ether oxygens (including phenoxy) is 4. The smallest absolute Gasteiger partial charge is 0.462 e. The van der Waals surface area contributed by atoms with Crippen molar-refractivity contribution in [2.75, 3.05) is 39.6 Å². The maximum atomic E-state index is 13.1. The molecule has 0 heterocycles. The lowest BCUT2D eigenvalue weighted by molar-refractivity contribution is -0.161. The molecule has 0 aliphatic carbocycles. The van der Waals surface area contributed by atoms with Gasteiger partial charge in [0, 0.05) is 25.7 Å². The molecule has 17 nitrogen and oxygen atoms in total. The Hall–Kier alpha value is -1.94. The van der Waals surface area contributed by atoms with Crippen molar-refractivity contribution < 1.29 is 80.2 Å². The summed E-state index contributed by atoms with van der Waals surface area (Å²) in [6, 6.07) is 0. The summed E-state index contributed by atoms with van der Waals surface area (Å²) in [5.74, 6) is 0.204. The molecule has 0 bridgehead atoms. The number of phosphoric acid groups is 2. The zero-order valence-electron chi connectivity index (χ0n) is 60.7. The number of aliphatic hydroxyl groups is 1. The first-order valence-electron chi connectivity index (χ1n) is 38.4. The van der Waals surface area contributed by atoms with Crippen LogP contribution in [0.2, 0.25) is 0 Å². The van der Waals surface area contributed by atoms with Gasteiger partial charge in [-0.1, -0.05) is 325 Å². The van der Waals surface area contributed by atoms with E-state index in [-0.39, 0.29) is 25.7 Å². The van der Waals surface area contributed by atoms with E-state index < -0.39 is 97.5 Å². The third-order valence-corrected chi connectivity index (χ3v) is 19.8. The molecule has 0 aromatic heterocycles. The van der Waals surface area contributed by atoms with E-state index in [9.17, 15) is 43.2 Å². The van der Waals surface area contributed by atoms with Gasteiger partial charge in [-0.2, -0.15) is 0 Å². The normalized spacial score (nSPS) is 14.7. The van der Waals surface area contributed by atoms with Gasteiger partial charge in [-0.3, -0.25) is 37.3 Å². The molecule has 0 aliphatic heterocycles. The zero-order chi connectivity index (χ0) is 68.7. The highest BCUT2D eigenvalue weighted by atomic mass is 31.2. The van der Waals surface area contributed by atoms with E-state index in [0.29, 0.717) is 25.7 Å². The predicted octanol–water partition coefficient (Wildman–Crippen LogP) is 21.4. The molecular weight excluding hydrogens is 1220 g/mol. The lowest BCUT2D eigenvalue weighted by Crippen LogP contribution is -2.30. The van der Waals surface area contributed by atoms with E-state index in [1.54, 1.807) is 0 Å². The van der Waals surface area contributed by atoms with Crippen LogP contribution < -0.4 is 0 Å². The maximum absolute atomic E-state index is 13.1. The zero-order valence-corrected chi connectivity index (χ0v) is 62.5. The average molecular weight is 1370 g/mol. The third kappa shape index (κ3) is 65.8. The van der Waals surface area contributed by atoms with Crippen molar-refractivity contribution in [3.05, 3.63) is 0 Å². The van der Waals surface area contributed by atoms with Crippen molar-refractivity contribution in [2.45, 2.75) is 394 Å². The van der Waals surface area contributed by atoms with Gasteiger partial charge in [0.1, 0.15) is 19.3 Å². The summed E-state index contributed by atoms with van der Waals surface area (Å²) < 4.78 is 68.5. The lowest BCUT2D eigenvalue weighted by Gasteiger charge is -2.21. The number of carbonyl (C=O) groups excluding carboxylic acids is 4. The number of hydrogen-bond acceptors (Lipinski definition) is 15. The Bertz CT molecular complexity index is 1820. The topological polar surface area (TPSA) is 237 Å². The van der Waals surface area contributed by atoms with Crippen LogP contribution in [0.15, 0.2) is 0 Å². The van der Waals surface area contributed by atoms with Gasteiger partial charge in [-0.15, -0.1) is 0 Å². The standard InChI is InChI=1S/C74H144O17P2/c1-8-11-12-13-14-15-16-17-18-19-20-27-36-43-50-57-73(78)90-69(61-84-71(76)55-48-41-34-26-22-21-25-32-39-46-53-66(6)9-2)63-88-92(80,81)86-59-68(75)60-87-93(82,83)89-64-70(91-74(79)58-51-44-37-28-23-24-31-38-45-52-65(4)5)62-85-72(77)56-49-42-35-30-29-33-40-47-54-67(7)10-3/h65-70,75H,8-64H2,1-7H3,(H,80,81)(H,82,83)/t66?,67?,68-,69-,70-/m1/s1. The summed E-state index contributed by atoms with van der Waals surface area (Å²) in [6.45, 7) is 11.9. The fourth-order valence-electron chi connectivity index (χ4n) is 11.2. The molecule has 7 atom stereocenters. The van der Waals surface area contributed by atoms with Crippen LogP contribution in [0, 0.1) is 17.8 Å². The summed E-state index contributed by atoms with van der Waals surface area (Å²) in [7, 11) is -9.91. The van der Waals surface area contributed by atoms with Gasteiger partial charge in [0.15, 0.2) is 12.2 Å². The molecule has 0 saturated carbocycles. The first kappa shape index (κ1) is 91.1. The van der Waals surface area contributed by atoms with Crippen molar-refractivity contribution >= 4 is 39.5 Å². The van der Waals surface area contributed by atoms with Crippen molar-refractivity contribution in [3.8, 4) is 0 Å². The molecule has 93 heavy (non-hydrogen) atoms. The summed E-state index contributed by atoms with van der Waals surface area (Å²) in [5, 5.41) is 10.6. The number of phosphoric ester groups is 2. The van der Waals surface area contributed by atoms with Gasteiger partial charge in [-0.05, 0) is 43.4 Å². The minimum absolute atomic E-state index is 0.105. The third-order valence-electron chi connectivity index (χ3n) is 17.9. The summed E-state index contributed by atoms with van der Waals surface area (Å²) in [4.78, 5) is 72.8. The highest BCUT2D eigenvalue weighted by Crippen LogP contribution is 2.45. The Morgan fingerprint density at radius 1 is 0.312 bits per heavy atom. The number of rotatable bonds is 72. The second-order valence-electron chi connectivity index (χ2n) is 27.6. The van der Waals surface area contributed by atoms with E-state index >= 15 is 0 Å². The molecule has 0 amide bonds. The highest BCUT2D eigenvalue weighted by Gasteiger charge is 2.30. The molecule has 0 fully saturated rings. The van der Waals surface area contributed by atoms with Crippen LogP contribution >= 0.6 is 15.6 Å². The van der Waals surface area contributed by atoms with Gasteiger partial charge in [0.2, 0.25) is 0 Å². The Kier molecular flexibility index (Phi) is 63.4. The van der Waals surface area contributed by atoms with Crippen LogP contribution in [0.3, 0.4) is 0 Å². The molecule has 0 radical (unpaired) electrons. The number of unbranched alkanes of at least 4 members (excludes halogenated alkanes) is 38. The van der Waals surface area contributed by atoms with Crippen LogP contribution in [0.1, 0.15) is 376 Å². The molecule has 0 saturated heterocycles. The Morgan fingerprint density at radius 3 is 0.817 bits per heavy atom. The minimum atomic E-state index is -4.96. The molecule has 0 aromatic rings. The van der Waals surface area contributed by atoms with Crippen LogP contribution in [0.4, 0.5) is 0 Å². The average Bonchev–Trinajstić information content (AvgIpc) is 3.54. The van der Waals surface area contributed by atoms with Crippen LogP contribution in [0.5, 0.6) is 0 Å². The second kappa shape index (κ2) is 64.7. The Morgan fingerprint density at radius 2 is 0.548 bits per heavy atom. The molecule has 552 valence electrons.